The van der Waals surface area contributed by atoms with Crippen LogP contribution in [0.3, 0.4) is 0 Å². The Labute approximate surface area is 100 Å². The van der Waals surface area contributed by atoms with E-state index in [1.807, 2.05) is 20.8 Å². The van der Waals surface area contributed by atoms with E-state index in [9.17, 15) is 4.79 Å². The highest BCUT2D eigenvalue weighted by Gasteiger charge is 2.26. The summed E-state index contributed by atoms with van der Waals surface area (Å²) in [6, 6.07) is -0.284. The zero-order chi connectivity index (χ0) is 12.5. The first-order valence-corrected chi connectivity index (χ1v) is 5.68. The van der Waals surface area contributed by atoms with Crippen LogP contribution < -0.4 is 10.8 Å². The fourth-order valence-electron chi connectivity index (χ4n) is 1.63. The van der Waals surface area contributed by atoms with E-state index in [0.717, 1.165) is 11.4 Å². The number of carbonyl (C=O) groups excluding carboxylic acids is 1. The molecule has 0 spiro atoms. The Bertz CT molecular complexity index is 408. The highest BCUT2D eigenvalue weighted by Crippen LogP contribution is 2.12. The van der Waals surface area contributed by atoms with Crippen molar-refractivity contribution in [1.29, 1.82) is 0 Å². The summed E-state index contributed by atoms with van der Waals surface area (Å²) in [6.45, 7) is 6.27. The van der Waals surface area contributed by atoms with Gasteiger partial charge in [0.1, 0.15) is 0 Å². The smallest absolute Gasteiger partial charge is 0.261 e. The van der Waals surface area contributed by atoms with Crippen molar-refractivity contribution in [2.24, 2.45) is 0 Å². The Hall–Kier alpha value is -1.40. The second-order valence-corrected chi connectivity index (χ2v) is 5.15. The maximum Gasteiger partial charge on any atom is 0.261 e. The molecular weight excluding hydrogens is 220 g/mol. The van der Waals surface area contributed by atoms with Crippen molar-refractivity contribution in [3.63, 3.8) is 0 Å². The number of rotatable bonds is 2. The van der Waals surface area contributed by atoms with Crippen LogP contribution in [0.25, 0.3) is 0 Å². The number of aromatic nitrogens is 2. The lowest BCUT2D eigenvalue weighted by atomic mass is 10.1. The normalized spacial score (nSPS) is 19.8. The van der Waals surface area contributed by atoms with Crippen LogP contribution in [-0.4, -0.2) is 27.5 Å². The predicted octanol–water partition coefficient (Wildman–Crippen LogP) is 0.270. The molecule has 2 heterocycles. The van der Waals surface area contributed by atoms with Crippen molar-refractivity contribution in [1.82, 2.24) is 20.8 Å². The molecule has 0 radical (unpaired) electrons. The molecule has 0 aliphatic carbocycles. The van der Waals surface area contributed by atoms with Gasteiger partial charge in [0.15, 0.2) is 0 Å². The van der Waals surface area contributed by atoms with E-state index in [0.29, 0.717) is 13.0 Å². The van der Waals surface area contributed by atoms with Crippen LogP contribution in [0.2, 0.25) is 0 Å². The van der Waals surface area contributed by atoms with Gasteiger partial charge in [0.05, 0.1) is 29.4 Å². The van der Waals surface area contributed by atoms with Gasteiger partial charge < -0.3 is 4.98 Å². The number of imidazole rings is 1. The van der Waals surface area contributed by atoms with Crippen LogP contribution in [0, 0.1) is 0 Å². The lowest BCUT2D eigenvalue weighted by Crippen LogP contribution is -2.49. The minimum absolute atomic E-state index is 0.159. The van der Waals surface area contributed by atoms with Crippen LogP contribution in [-0.2, 0) is 22.6 Å². The summed E-state index contributed by atoms with van der Waals surface area (Å²) < 4.78 is 0. The third-order valence-electron chi connectivity index (χ3n) is 2.50. The summed E-state index contributed by atoms with van der Waals surface area (Å²) >= 11 is 0. The largest absolute Gasteiger partial charge is 0.347 e. The van der Waals surface area contributed by atoms with Crippen molar-refractivity contribution in [3.8, 4) is 0 Å². The molecule has 1 amide bonds. The maximum atomic E-state index is 11.8. The second kappa shape index (κ2) is 4.46. The lowest BCUT2D eigenvalue weighted by molar-refractivity contribution is -0.147. The number of nitrogens with one attached hydrogen (secondary N) is 3. The van der Waals surface area contributed by atoms with Gasteiger partial charge in [0.2, 0.25) is 0 Å². The van der Waals surface area contributed by atoms with Gasteiger partial charge in [-0.15, -0.1) is 0 Å². The van der Waals surface area contributed by atoms with Gasteiger partial charge in [-0.1, -0.05) is 0 Å². The molecule has 0 saturated heterocycles. The molecule has 0 aromatic carbocycles. The number of nitrogens with zero attached hydrogens (tertiary/aromatic N) is 1. The minimum atomic E-state index is -0.387. The van der Waals surface area contributed by atoms with E-state index < -0.39 is 0 Å². The van der Waals surface area contributed by atoms with Gasteiger partial charge in [-0.25, -0.2) is 10.5 Å². The fourth-order valence-corrected chi connectivity index (χ4v) is 1.63. The van der Waals surface area contributed by atoms with Crippen LogP contribution in [0.4, 0.5) is 0 Å². The summed E-state index contributed by atoms with van der Waals surface area (Å²) in [6.07, 6.45) is 2.23. The maximum absolute atomic E-state index is 11.8. The Balaban J connectivity index is 1.90. The Morgan fingerprint density at radius 3 is 3.06 bits per heavy atom. The van der Waals surface area contributed by atoms with E-state index in [1.165, 1.54) is 0 Å². The Morgan fingerprint density at radius 1 is 1.59 bits per heavy atom. The SMILES string of the molecule is CC(C)(C)ONC(=O)C1Cc2nc[nH]c2CN1. The number of amides is 1. The molecular formula is C11H18N4O2. The van der Waals surface area contributed by atoms with Gasteiger partial charge >= 0.3 is 0 Å². The average Bonchev–Trinajstić information content (AvgIpc) is 2.71. The summed E-state index contributed by atoms with van der Waals surface area (Å²) in [5, 5.41) is 3.13. The number of H-pyrrole nitrogens is 1. The molecule has 1 aliphatic heterocycles. The predicted molar refractivity (Wildman–Crippen MR) is 61.9 cm³/mol. The summed E-state index contributed by atoms with van der Waals surface area (Å²) in [7, 11) is 0. The molecule has 2 rings (SSSR count). The third kappa shape index (κ3) is 3.04. The van der Waals surface area contributed by atoms with Crippen LogP contribution in [0.5, 0.6) is 0 Å². The number of aromatic amines is 1. The monoisotopic (exact) mass is 238 g/mol. The number of hydrogen-bond acceptors (Lipinski definition) is 4. The molecule has 1 aromatic rings. The first-order valence-electron chi connectivity index (χ1n) is 5.68. The summed E-state index contributed by atoms with van der Waals surface area (Å²) in [5.74, 6) is -0.159. The lowest BCUT2D eigenvalue weighted by Gasteiger charge is -2.25. The molecule has 17 heavy (non-hydrogen) atoms. The van der Waals surface area contributed by atoms with Crippen LogP contribution in [0.15, 0.2) is 6.33 Å². The molecule has 3 N–H and O–H groups in total. The first-order chi connectivity index (χ1) is 7.96. The Kier molecular flexibility index (Phi) is 3.17. The fraction of sp³-hybridized carbons (Fsp3) is 0.636. The molecule has 94 valence electrons. The van der Waals surface area contributed by atoms with Gasteiger partial charge in [-0.3, -0.25) is 14.9 Å². The zero-order valence-electron chi connectivity index (χ0n) is 10.3. The summed E-state index contributed by atoms with van der Waals surface area (Å²) in [4.78, 5) is 24.3. The highest BCUT2D eigenvalue weighted by atomic mass is 16.7. The number of hydrogen-bond donors (Lipinski definition) is 3. The number of hydroxylamine groups is 1. The third-order valence-corrected chi connectivity index (χ3v) is 2.50. The van der Waals surface area contributed by atoms with Crippen LogP contribution >= 0.6 is 0 Å². The van der Waals surface area contributed by atoms with Gasteiger partial charge in [-0.05, 0) is 20.8 Å². The molecule has 6 heteroatoms. The minimum Gasteiger partial charge on any atom is -0.347 e. The molecule has 0 fully saturated rings. The molecule has 6 nitrogen and oxygen atoms in total. The molecule has 1 atom stereocenters. The quantitative estimate of drug-likeness (QED) is 0.646. The topological polar surface area (TPSA) is 79.0 Å². The Morgan fingerprint density at radius 2 is 2.35 bits per heavy atom. The highest BCUT2D eigenvalue weighted by molar-refractivity contribution is 5.81. The van der Waals surface area contributed by atoms with E-state index >= 15 is 0 Å². The molecule has 0 bridgehead atoms. The first kappa shape index (κ1) is 12.1. The van der Waals surface area contributed by atoms with Crippen LogP contribution in [0.1, 0.15) is 32.2 Å². The molecule has 1 aromatic heterocycles. The van der Waals surface area contributed by atoms with Gasteiger partial charge in [0.25, 0.3) is 5.91 Å². The van der Waals surface area contributed by atoms with E-state index in [2.05, 4.69) is 20.8 Å². The van der Waals surface area contributed by atoms with E-state index in [1.54, 1.807) is 6.33 Å². The second-order valence-electron chi connectivity index (χ2n) is 5.15. The molecule has 0 saturated carbocycles. The zero-order valence-corrected chi connectivity index (χ0v) is 10.3. The van der Waals surface area contributed by atoms with E-state index in [-0.39, 0.29) is 17.6 Å². The molecule has 1 aliphatic rings. The van der Waals surface area contributed by atoms with Crippen molar-refractivity contribution < 1.29 is 9.63 Å². The van der Waals surface area contributed by atoms with Gasteiger partial charge in [-0.2, -0.15) is 0 Å². The van der Waals surface area contributed by atoms with Crippen molar-refractivity contribution in [2.45, 2.75) is 45.4 Å². The summed E-state index contributed by atoms with van der Waals surface area (Å²) in [5.41, 5.74) is 4.08. The van der Waals surface area contributed by atoms with Crippen molar-refractivity contribution in [3.05, 3.63) is 17.7 Å². The van der Waals surface area contributed by atoms with Gasteiger partial charge in [0, 0.05) is 13.0 Å². The molecule has 1 unspecified atom stereocenters. The van der Waals surface area contributed by atoms with Crippen molar-refractivity contribution in [2.75, 3.05) is 0 Å². The van der Waals surface area contributed by atoms with E-state index in [4.69, 9.17) is 4.84 Å². The van der Waals surface area contributed by atoms with Crippen molar-refractivity contribution >= 4 is 5.91 Å². The average molecular weight is 238 g/mol. The number of fused-ring (bicyclic) bond motifs is 1. The number of carbonyl (C=O) groups is 1. The standard InChI is InChI=1S/C11H18N4O2/c1-11(2,3)17-15-10(16)8-4-7-9(5-12-8)14-6-13-7/h6,8,12H,4-5H2,1-3H3,(H,13,14)(H,15,16).